The number of rotatable bonds is 6. The fraction of sp³-hybridized carbons (Fsp3) is 0.353. The van der Waals surface area contributed by atoms with Crippen LogP contribution in [0.5, 0.6) is 5.75 Å². The number of hydrogen-bond acceptors (Lipinski definition) is 6. The first kappa shape index (κ1) is 30.3. The molecule has 1 atom stereocenters. The molecule has 0 unspecified atom stereocenters. The molecule has 2 N–H and O–H groups in total. The van der Waals surface area contributed by atoms with E-state index in [-0.39, 0.29) is 11.7 Å². The number of carbonyl (C=O) groups excluding carboxylic acids is 1. The first-order valence-corrected chi connectivity index (χ1v) is 14.8. The second kappa shape index (κ2) is 11.0. The molecule has 0 bridgehead atoms. The van der Waals surface area contributed by atoms with E-state index in [2.05, 4.69) is 10.4 Å². The second-order valence-electron chi connectivity index (χ2n) is 12.5. The summed E-state index contributed by atoms with van der Waals surface area (Å²) in [5.41, 5.74) is 4.65. The minimum atomic E-state index is -1.41. The van der Waals surface area contributed by atoms with Crippen molar-refractivity contribution in [1.82, 2.24) is 19.3 Å². The summed E-state index contributed by atoms with van der Waals surface area (Å²) >= 11 is 0. The SMILES string of the molecule is Cc1nc2c(cc(C(=O)Nc3ccc4c(cnn4C)c3)n2C)c(-c2cc(F)c3c(c2C)CCCO3)c1[C@H](OC(C)(C)C)C(=O)O. The molecule has 45 heavy (non-hydrogen) atoms. The van der Waals surface area contributed by atoms with Crippen LogP contribution in [0.4, 0.5) is 10.1 Å². The van der Waals surface area contributed by atoms with Crippen molar-refractivity contribution >= 4 is 39.5 Å². The van der Waals surface area contributed by atoms with Crippen LogP contribution in [0, 0.1) is 19.7 Å². The molecule has 0 saturated heterocycles. The van der Waals surface area contributed by atoms with Crippen molar-refractivity contribution in [3.63, 3.8) is 0 Å². The molecule has 10 nitrogen and oxygen atoms in total. The molecule has 0 spiro atoms. The Morgan fingerprint density at radius 2 is 1.91 bits per heavy atom. The molecular formula is C34H36FN5O5. The van der Waals surface area contributed by atoms with Crippen LogP contribution in [0.15, 0.2) is 36.5 Å². The standard InChI is InChI=1S/C34H36FN5O5/c1-17-21-9-8-12-44-29(21)24(35)14-22(17)28-23-15-26(32(41)38-20-10-11-25-19(13-20)16-36-40(25)7)39(6)31(23)37-18(2)27(28)30(33(42)43)45-34(3,4)5/h10-11,13-16,30H,8-9,12H2,1-7H3,(H,38,41)(H,42,43)/t30-/m0/s1. The van der Waals surface area contributed by atoms with E-state index in [1.807, 2.05) is 26.1 Å². The molecule has 4 heterocycles. The number of halogens is 1. The fourth-order valence-electron chi connectivity index (χ4n) is 6.23. The smallest absolute Gasteiger partial charge is 0.337 e. The predicted molar refractivity (Wildman–Crippen MR) is 169 cm³/mol. The van der Waals surface area contributed by atoms with E-state index in [0.717, 1.165) is 28.5 Å². The first-order chi connectivity index (χ1) is 21.2. The summed E-state index contributed by atoms with van der Waals surface area (Å²) in [6.07, 6.45) is 1.68. The highest BCUT2D eigenvalue weighted by molar-refractivity contribution is 6.09. The van der Waals surface area contributed by atoms with Crippen molar-refractivity contribution in [3.8, 4) is 16.9 Å². The van der Waals surface area contributed by atoms with Crippen LogP contribution >= 0.6 is 0 Å². The third-order valence-corrected chi connectivity index (χ3v) is 8.30. The van der Waals surface area contributed by atoms with Crippen molar-refractivity contribution < 1.29 is 28.6 Å². The summed E-state index contributed by atoms with van der Waals surface area (Å²) < 4.78 is 30.9. The largest absolute Gasteiger partial charge is 0.490 e. The third kappa shape index (κ3) is 5.31. The maximum Gasteiger partial charge on any atom is 0.337 e. The van der Waals surface area contributed by atoms with Gasteiger partial charge in [-0.1, -0.05) is 0 Å². The number of hydrogen-bond donors (Lipinski definition) is 2. The number of carbonyl (C=O) groups is 2. The predicted octanol–water partition coefficient (Wildman–Crippen LogP) is 6.40. The lowest BCUT2D eigenvalue weighted by molar-refractivity contribution is -0.160. The number of nitrogens with one attached hydrogen (secondary N) is 1. The van der Waals surface area contributed by atoms with Crippen LogP contribution in [0.2, 0.25) is 0 Å². The Morgan fingerprint density at radius 3 is 2.62 bits per heavy atom. The van der Waals surface area contributed by atoms with Gasteiger partial charge in [-0.3, -0.25) is 9.48 Å². The van der Waals surface area contributed by atoms with Gasteiger partial charge in [0.25, 0.3) is 5.91 Å². The summed E-state index contributed by atoms with van der Waals surface area (Å²) in [6, 6.07) is 8.61. The van der Waals surface area contributed by atoms with Crippen molar-refractivity contribution in [2.24, 2.45) is 14.1 Å². The van der Waals surface area contributed by atoms with Crippen molar-refractivity contribution in [3.05, 3.63) is 70.4 Å². The van der Waals surface area contributed by atoms with Crippen molar-refractivity contribution in [2.75, 3.05) is 11.9 Å². The molecule has 2 aromatic carbocycles. The number of fused-ring (bicyclic) bond motifs is 3. The van der Waals surface area contributed by atoms with Gasteiger partial charge in [0.15, 0.2) is 17.7 Å². The highest BCUT2D eigenvalue weighted by Crippen LogP contribution is 2.45. The lowest BCUT2D eigenvalue weighted by Gasteiger charge is -2.29. The van der Waals surface area contributed by atoms with Gasteiger partial charge < -0.3 is 24.5 Å². The Balaban J connectivity index is 1.58. The van der Waals surface area contributed by atoms with Gasteiger partial charge in [0.2, 0.25) is 0 Å². The van der Waals surface area contributed by atoms with Crippen LogP contribution in [0.25, 0.3) is 33.1 Å². The molecule has 0 radical (unpaired) electrons. The van der Waals surface area contributed by atoms with Gasteiger partial charge in [0.05, 0.1) is 23.9 Å². The number of aromatic nitrogens is 4. The number of amides is 1. The monoisotopic (exact) mass is 613 g/mol. The Morgan fingerprint density at radius 1 is 1.16 bits per heavy atom. The van der Waals surface area contributed by atoms with Crippen LogP contribution < -0.4 is 10.1 Å². The lowest BCUT2D eigenvalue weighted by Crippen LogP contribution is -2.28. The van der Waals surface area contributed by atoms with Crippen LogP contribution in [-0.4, -0.2) is 48.5 Å². The maximum absolute atomic E-state index is 15.7. The molecular weight excluding hydrogens is 577 g/mol. The van der Waals surface area contributed by atoms with Crippen molar-refractivity contribution in [2.45, 2.75) is 59.2 Å². The number of benzene rings is 2. The zero-order chi connectivity index (χ0) is 32.4. The molecule has 6 rings (SSSR count). The molecule has 1 aliphatic rings. The minimum Gasteiger partial charge on any atom is -0.490 e. The molecule has 3 aromatic heterocycles. The van der Waals surface area contributed by atoms with Gasteiger partial charge >= 0.3 is 5.97 Å². The van der Waals surface area contributed by atoms with E-state index in [4.69, 9.17) is 14.5 Å². The number of carboxylic acids is 1. The highest BCUT2D eigenvalue weighted by Gasteiger charge is 2.35. The summed E-state index contributed by atoms with van der Waals surface area (Å²) in [6.45, 7) is 9.36. The minimum absolute atomic E-state index is 0.227. The highest BCUT2D eigenvalue weighted by atomic mass is 19.1. The maximum atomic E-state index is 15.7. The van der Waals surface area contributed by atoms with Gasteiger partial charge in [-0.15, -0.1) is 0 Å². The van der Waals surface area contributed by atoms with E-state index in [9.17, 15) is 14.7 Å². The van der Waals surface area contributed by atoms with E-state index in [1.54, 1.807) is 62.3 Å². The van der Waals surface area contributed by atoms with Crippen LogP contribution in [0.1, 0.15) is 66.2 Å². The number of carboxylic acid groups (broad SMARTS) is 1. The molecule has 1 aliphatic heterocycles. The Labute approximate surface area is 259 Å². The first-order valence-electron chi connectivity index (χ1n) is 14.8. The van der Waals surface area contributed by atoms with E-state index >= 15 is 4.39 Å². The zero-order valence-electron chi connectivity index (χ0n) is 26.4. The number of aryl methyl sites for hydroxylation is 3. The molecule has 5 aromatic rings. The van der Waals surface area contributed by atoms with Crippen LogP contribution in [-0.2, 0) is 30.0 Å². The molecule has 234 valence electrons. The summed E-state index contributed by atoms with van der Waals surface area (Å²) in [5, 5.41) is 19.1. The molecule has 0 saturated carbocycles. The van der Waals surface area contributed by atoms with Crippen molar-refractivity contribution in [1.29, 1.82) is 0 Å². The van der Waals surface area contributed by atoms with Gasteiger partial charge in [-0.2, -0.15) is 5.10 Å². The summed E-state index contributed by atoms with van der Waals surface area (Å²) in [4.78, 5) is 31.3. The normalized spacial score (nSPS) is 14.0. The number of ether oxygens (including phenoxy) is 2. The van der Waals surface area contributed by atoms with Gasteiger partial charge in [0, 0.05) is 52.9 Å². The zero-order valence-corrected chi connectivity index (χ0v) is 26.4. The number of aliphatic carboxylic acids is 1. The Hall–Kier alpha value is -4.77. The third-order valence-electron chi connectivity index (χ3n) is 8.30. The topological polar surface area (TPSA) is 121 Å². The fourth-order valence-corrected chi connectivity index (χ4v) is 6.23. The van der Waals surface area contributed by atoms with E-state index < -0.39 is 23.5 Å². The lowest BCUT2D eigenvalue weighted by atomic mass is 9.86. The van der Waals surface area contributed by atoms with Gasteiger partial charge in [-0.25, -0.2) is 14.2 Å². The molecule has 11 heteroatoms. The van der Waals surface area contributed by atoms with E-state index in [0.29, 0.717) is 57.8 Å². The molecule has 0 aliphatic carbocycles. The number of anilines is 1. The summed E-state index contributed by atoms with van der Waals surface area (Å²) in [7, 11) is 3.58. The average Bonchev–Trinajstić information content (AvgIpc) is 3.51. The molecule has 1 amide bonds. The Bertz CT molecular complexity index is 2020. The Kier molecular flexibility index (Phi) is 7.39. The molecule has 0 fully saturated rings. The second-order valence-corrected chi connectivity index (χ2v) is 12.5. The quantitative estimate of drug-likeness (QED) is 0.227. The number of nitrogens with zero attached hydrogens (tertiary/aromatic N) is 4. The van der Waals surface area contributed by atoms with E-state index in [1.165, 1.54) is 6.07 Å². The van der Waals surface area contributed by atoms with Gasteiger partial charge in [-0.05, 0) is 88.9 Å². The summed E-state index contributed by atoms with van der Waals surface area (Å²) in [5.74, 6) is -1.88. The number of pyridine rings is 1. The van der Waals surface area contributed by atoms with Crippen LogP contribution in [0.3, 0.4) is 0 Å². The van der Waals surface area contributed by atoms with Gasteiger partial charge in [0.1, 0.15) is 11.3 Å². The average molecular weight is 614 g/mol.